The molecule has 5 nitrogen and oxygen atoms in total. The van der Waals surface area contributed by atoms with Crippen molar-refractivity contribution in [3.63, 3.8) is 0 Å². The van der Waals surface area contributed by atoms with Crippen LogP contribution in [0.25, 0.3) is 0 Å². The Hall–Kier alpha value is -1.78. The third kappa shape index (κ3) is 3.62. The fraction of sp³-hybridized carbons (Fsp3) is 0.500. The van der Waals surface area contributed by atoms with Gasteiger partial charge in [-0.05, 0) is 18.9 Å². The van der Waals surface area contributed by atoms with Gasteiger partial charge < -0.3 is 10.6 Å². The number of hydrogen-bond donors (Lipinski definition) is 2. The lowest BCUT2D eigenvalue weighted by Crippen LogP contribution is -2.43. The van der Waals surface area contributed by atoms with Crippen LogP contribution in [0.5, 0.6) is 0 Å². The van der Waals surface area contributed by atoms with E-state index in [2.05, 4.69) is 32.9 Å². The van der Waals surface area contributed by atoms with Crippen molar-refractivity contribution in [2.75, 3.05) is 13.6 Å². The molecule has 0 bridgehead atoms. The van der Waals surface area contributed by atoms with Gasteiger partial charge >= 0.3 is 0 Å². The van der Waals surface area contributed by atoms with Crippen LogP contribution in [0.15, 0.2) is 35.6 Å². The second kappa shape index (κ2) is 6.08. The van der Waals surface area contributed by atoms with E-state index in [0.29, 0.717) is 6.04 Å². The summed E-state index contributed by atoms with van der Waals surface area (Å²) in [5.41, 5.74) is 0. The van der Waals surface area contributed by atoms with Crippen molar-refractivity contribution in [3.05, 3.63) is 30.6 Å². The minimum Gasteiger partial charge on any atom is -0.355 e. The largest absolute Gasteiger partial charge is 0.355 e. The Morgan fingerprint density at radius 3 is 2.94 bits per heavy atom. The molecule has 0 atom stereocenters. The van der Waals surface area contributed by atoms with Gasteiger partial charge in [-0.3, -0.25) is 9.67 Å². The summed E-state index contributed by atoms with van der Waals surface area (Å²) in [6.45, 7) is 1.66. The molecule has 0 unspecified atom stereocenters. The van der Waals surface area contributed by atoms with E-state index >= 15 is 0 Å². The highest BCUT2D eigenvalue weighted by Gasteiger charge is 2.10. The van der Waals surface area contributed by atoms with Crippen LogP contribution in [0.1, 0.15) is 12.8 Å². The van der Waals surface area contributed by atoms with Crippen LogP contribution in [0.2, 0.25) is 0 Å². The maximum Gasteiger partial charge on any atom is 0.191 e. The zero-order chi connectivity index (χ0) is 11.9. The van der Waals surface area contributed by atoms with Crippen molar-refractivity contribution in [3.8, 4) is 0 Å². The molecule has 0 fully saturated rings. The summed E-state index contributed by atoms with van der Waals surface area (Å²) in [5, 5.41) is 10.8. The fourth-order valence-corrected chi connectivity index (χ4v) is 1.84. The molecule has 1 aliphatic rings. The van der Waals surface area contributed by atoms with Gasteiger partial charge in [0.2, 0.25) is 0 Å². The first-order valence-electron chi connectivity index (χ1n) is 5.98. The first-order chi connectivity index (χ1) is 8.38. The number of hydrogen-bond acceptors (Lipinski definition) is 2. The SMILES string of the molecule is CN=C(NCCn1cccn1)NC1CC=CC1. The van der Waals surface area contributed by atoms with E-state index in [0.717, 1.165) is 31.9 Å². The summed E-state index contributed by atoms with van der Waals surface area (Å²) in [4.78, 5) is 4.21. The molecule has 0 saturated carbocycles. The van der Waals surface area contributed by atoms with Crippen LogP contribution in [0.4, 0.5) is 0 Å². The second-order valence-electron chi connectivity index (χ2n) is 4.05. The molecule has 17 heavy (non-hydrogen) atoms. The summed E-state index contributed by atoms with van der Waals surface area (Å²) in [7, 11) is 1.80. The van der Waals surface area contributed by atoms with E-state index in [4.69, 9.17) is 0 Å². The average Bonchev–Trinajstić information content (AvgIpc) is 3.00. The van der Waals surface area contributed by atoms with Gasteiger partial charge in [0, 0.05) is 32.0 Å². The molecule has 1 heterocycles. The van der Waals surface area contributed by atoms with Gasteiger partial charge in [0.05, 0.1) is 6.54 Å². The van der Waals surface area contributed by atoms with Crippen molar-refractivity contribution in [2.45, 2.75) is 25.4 Å². The Labute approximate surface area is 102 Å². The summed E-state index contributed by atoms with van der Waals surface area (Å²) >= 11 is 0. The highest BCUT2D eigenvalue weighted by molar-refractivity contribution is 5.80. The van der Waals surface area contributed by atoms with Gasteiger partial charge in [-0.25, -0.2) is 0 Å². The average molecular weight is 233 g/mol. The van der Waals surface area contributed by atoms with Crippen LogP contribution in [0.3, 0.4) is 0 Å². The van der Waals surface area contributed by atoms with Crippen LogP contribution in [-0.4, -0.2) is 35.4 Å². The predicted molar refractivity (Wildman–Crippen MR) is 68.9 cm³/mol. The lowest BCUT2D eigenvalue weighted by molar-refractivity contribution is 0.584. The topological polar surface area (TPSA) is 54.2 Å². The summed E-state index contributed by atoms with van der Waals surface area (Å²) in [6, 6.07) is 2.42. The number of nitrogens with zero attached hydrogens (tertiary/aromatic N) is 3. The summed E-state index contributed by atoms with van der Waals surface area (Å²) in [6.07, 6.45) is 10.3. The van der Waals surface area contributed by atoms with Crippen LogP contribution in [0, 0.1) is 0 Å². The molecule has 1 aliphatic carbocycles. The quantitative estimate of drug-likeness (QED) is 0.459. The Balaban J connectivity index is 1.69. The standard InChI is InChI=1S/C12H19N5/c1-13-12(16-11-5-2-3-6-11)14-8-10-17-9-4-7-15-17/h2-4,7,9,11H,5-6,8,10H2,1H3,(H2,13,14,16). The van der Waals surface area contributed by atoms with Gasteiger partial charge in [-0.2, -0.15) is 5.10 Å². The zero-order valence-corrected chi connectivity index (χ0v) is 10.1. The van der Waals surface area contributed by atoms with Crippen molar-refractivity contribution in [1.82, 2.24) is 20.4 Å². The molecule has 5 heteroatoms. The molecule has 2 N–H and O–H groups in total. The van der Waals surface area contributed by atoms with Gasteiger partial charge in [-0.1, -0.05) is 12.2 Å². The Bertz CT molecular complexity index is 372. The normalized spacial score (nSPS) is 16.4. The lowest BCUT2D eigenvalue weighted by atomic mass is 10.2. The van der Waals surface area contributed by atoms with Crippen molar-refractivity contribution in [2.24, 2.45) is 4.99 Å². The Morgan fingerprint density at radius 1 is 1.47 bits per heavy atom. The van der Waals surface area contributed by atoms with Crippen molar-refractivity contribution < 1.29 is 0 Å². The van der Waals surface area contributed by atoms with Crippen molar-refractivity contribution in [1.29, 1.82) is 0 Å². The van der Waals surface area contributed by atoms with E-state index in [1.807, 2.05) is 16.9 Å². The Kier molecular flexibility index (Phi) is 4.18. The van der Waals surface area contributed by atoms with E-state index in [-0.39, 0.29) is 0 Å². The molecule has 1 aromatic heterocycles. The second-order valence-corrected chi connectivity index (χ2v) is 4.05. The zero-order valence-electron chi connectivity index (χ0n) is 10.1. The van der Waals surface area contributed by atoms with Crippen molar-refractivity contribution >= 4 is 5.96 Å². The number of aliphatic imine (C=N–C) groups is 1. The molecular weight excluding hydrogens is 214 g/mol. The number of nitrogens with one attached hydrogen (secondary N) is 2. The molecular formula is C12H19N5. The van der Waals surface area contributed by atoms with E-state index in [9.17, 15) is 0 Å². The van der Waals surface area contributed by atoms with Gasteiger partial charge in [0.25, 0.3) is 0 Å². The highest BCUT2D eigenvalue weighted by Crippen LogP contribution is 2.08. The first kappa shape index (κ1) is 11.7. The smallest absolute Gasteiger partial charge is 0.191 e. The number of rotatable bonds is 4. The number of guanidine groups is 1. The summed E-state index contributed by atoms with van der Waals surface area (Å²) < 4.78 is 1.90. The van der Waals surface area contributed by atoms with E-state index < -0.39 is 0 Å². The minimum absolute atomic E-state index is 0.492. The molecule has 0 spiro atoms. The lowest BCUT2D eigenvalue weighted by Gasteiger charge is -2.16. The summed E-state index contributed by atoms with van der Waals surface area (Å²) in [5.74, 6) is 0.867. The highest BCUT2D eigenvalue weighted by atomic mass is 15.3. The molecule has 0 aromatic carbocycles. The van der Waals surface area contributed by atoms with Crippen LogP contribution < -0.4 is 10.6 Å². The fourth-order valence-electron chi connectivity index (χ4n) is 1.84. The molecule has 0 saturated heterocycles. The minimum atomic E-state index is 0.492. The molecule has 0 radical (unpaired) electrons. The maximum absolute atomic E-state index is 4.21. The third-order valence-electron chi connectivity index (χ3n) is 2.76. The van der Waals surface area contributed by atoms with E-state index in [1.165, 1.54) is 0 Å². The molecule has 1 aromatic rings. The monoisotopic (exact) mass is 233 g/mol. The van der Waals surface area contributed by atoms with Gasteiger partial charge in [-0.15, -0.1) is 0 Å². The van der Waals surface area contributed by atoms with Gasteiger partial charge in [0.15, 0.2) is 5.96 Å². The van der Waals surface area contributed by atoms with Gasteiger partial charge in [0.1, 0.15) is 0 Å². The molecule has 0 amide bonds. The third-order valence-corrected chi connectivity index (χ3v) is 2.76. The first-order valence-corrected chi connectivity index (χ1v) is 5.98. The maximum atomic E-state index is 4.21. The molecule has 92 valence electrons. The van der Waals surface area contributed by atoms with Crippen LogP contribution >= 0.6 is 0 Å². The molecule has 0 aliphatic heterocycles. The number of aromatic nitrogens is 2. The van der Waals surface area contributed by atoms with E-state index in [1.54, 1.807) is 13.2 Å². The molecule has 2 rings (SSSR count). The van der Waals surface area contributed by atoms with Crippen LogP contribution in [-0.2, 0) is 6.54 Å². The predicted octanol–water partition coefficient (Wildman–Crippen LogP) is 0.767. The Morgan fingerprint density at radius 2 is 2.29 bits per heavy atom.